The van der Waals surface area contributed by atoms with Crippen LogP contribution in [0.2, 0.25) is 5.02 Å². The first-order chi connectivity index (χ1) is 8.24. The molecule has 0 radical (unpaired) electrons. The van der Waals surface area contributed by atoms with E-state index in [2.05, 4.69) is 46.7 Å². The number of hydrogen-bond acceptors (Lipinski definition) is 2. The normalized spacial score (nSPS) is 11.7. The lowest BCUT2D eigenvalue weighted by atomic mass is 10.0. The van der Waals surface area contributed by atoms with Gasteiger partial charge in [0.2, 0.25) is 0 Å². The highest BCUT2D eigenvalue weighted by Gasteiger charge is 2.21. The van der Waals surface area contributed by atoms with E-state index in [0.29, 0.717) is 17.1 Å². The summed E-state index contributed by atoms with van der Waals surface area (Å²) in [4.78, 5) is 14.2. The van der Waals surface area contributed by atoms with Crippen molar-refractivity contribution in [1.82, 2.24) is 10.2 Å². The number of nitrogens with one attached hydrogen (secondary N) is 1. The molecule has 5 heteroatoms. The van der Waals surface area contributed by atoms with Gasteiger partial charge in [0.05, 0.1) is 5.56 Å². The summed E-state index contributed by atoms with van der Waals surface area (Å²) < 4.78 is 0.861. The molecule has 1 aromatic rings. The maximum Gasteiger partial charge on any atom is 0.252 e. The second-order valence-corrected chi connectivity index (χ2v) is 6.61. The molecule has 1 N–H and O–H groups in total. The summed E-state index contributed by atoms with van der Waals surface area (Å²) in [7, 11) is 4.00. The van der Waals surface area contributed by atoms with Gasteiger partial charge in [0.1, 0.15) is 0 Å². The number of hydrogen-bond donors (Lipinski definition) is 1. The molecule has 1 aromatic carbocycles. The van der Waals surface area contributed by atoms with Crippen molar-refractivity contribution < 1.29 is 4.79 Å². The standard InChI is InChI=1S/C13H18ClIN2O/c1-13(2,17(3)4)8-16-12(18)10-6-5-9(14)7-11(10)15/h5-7H,8H2,1-4H3,(H,16,18). The molecule has 18 heavy (non-hydrogen) atoms. The van der Waals surface area contributed by atoms with Crippen LogP contribution in [0.4, 0.5) is 0 Å². The van der Waals surface area contributed by atoms with Crippen LogP contribution in [0.25, 0.3) is 0 Å². The minimum atomic E-state index is -0.0759. The summed E-state index contributed by atoms with van der Waals surface area (Å²) in [5, 5.41) is 3.60. The molecule has 0 saturated heterocycles. The van der Waals surface area contributed by atoms with Crippen LogP contribution in [0.5, 0.6) is 0 Å². The fourth-order valence-electron chi connectivity index (χ4n) is 1.22. The van der Waals surface area contributed by atoms with Crippen LogP contribution in [0.15, 0.2) is 18.2 Å². The topological polar surface area (TPSA) is 32.3 Å². The smallest absolute Gasteiger partial charge is 0.252 e. The van der Waals surface area contributed by atoms with Crippen LogP contribution < -0.4 is 5.32 Å². The van der Waals surface area contributed by atoms with E-state index in [0.717, 1.165) is 3.57 Å². The molecule has 0 spiro atoms. The lowest BCUT2D eigenvalue weighted by molar-refractivity contribution is 0.0919. The SMILES string of the molecule is CN(C)C(C)(C)CNC(=O)c1ccc(Cl)cc1I. The predicted molar refractivity (Wildman–Crippen MR) is 84.3 cm³/mol. The largest absolute Gasteiger partial charge is 0.350 e. The minimum Gasteiger partial charge on any atom is -0.350 e. The van der Waals surface area contributed by atoms with Crippen LogP contribution in [-0.2, 0) is 0 Å². The maximum atomic E-state index is 12.1. The molecular weight excluding hydrogens is 363 g/mol. The van der Waals surface area contributed by atoms with Gasteiger partial charge in [-0.2, -0.15) is 0 Å². The molecule has 100 valence electrons. The summed E-state index contributed by atoms with van der Waals surface area (Å²) in [5.41, 5.74) is 0.586. The molecule has 0 aliphatic carbocycles. The van der Waals surface area contributed by atoms with Crippen molar-refractivity contribution in [2.45, 2.75) is 19.4 Å². The fraction of sp³-hybridized carbons (Fsp3) is 0.462. The molecule has 1 amide bonds. The van der Waals surface area contributed by atoms with E-state index in [1.165, 1.54) is 0 Å². The highest BCUT2D eigenvalue weighted by Crippen LogP contribution is 2.18. The maximum absolute atomic E-state index is 12.1. The van der Waals surface area contributed by atoms with Crippen LogP contribution in [0.1, 0.15) is 24.2 Å². The van der Waals surface area contributed by atoms with Gasteiger partial charge in [-0.1, -0.05) is 11.6 Å². The molecule has 0 aromatic heterocycles. The molecule has 0 saturated carbocycles. The van der Waals surface area contributed by atoms with E-state index in [-0.39, 0.29) is 11.4 Å². The van der Waals surface area contributed by atoms with Crippen molar-refractivity contribution in [3.63, 3.8) is 0 Å². The Balaban J connectivity index is 2.72. The summed E-state index contributed by atoms with van der Waals surface area (Å²) >= 11 is 7.99. The number of benzene rings is 1. The van der Waals surface area contributed by atoms with E-state index < -0.39 is 0 Å². The molecule has 0 aliphatic heterocycles. The average molecular weight is 381 g/mol. The summed E-state index contributed by atoms with van der Waals surface area (Å²) in [6, 6.07) is 5.27. The van der Waals surface area contributed by atoms with Gasteiger partial charge in [-0.05, 0) is 68.7 Å². The Morgan fingerprint density at radius 1 is 1.44 bits per heavy atom. The van der Waals surface area contributed by atoms with E-state index in [1.807, 2.05) is 14.1 Å². The molecule has 0 unspecified atom stereocenters. The van der Waals surface area contributed by atoms with E-state index >= 15 is 0 Å². The Kier molecular flexibility index (Phi) is 5.43. The number of likely N-dealkylation sites (N-methyl/N-ethyl adjacent to an activating group) is 1. The Labute approximate surface area is 127 Å². The minimum absolute atomic E-state index is 0.0639. The number of carbonyl (C=O) groups excluding carboxylic acids is 1. The van der Waals surface area contributed by atoms with Crippen molar-refractivity contribution in [2.24, 2.45) is 0 Å². The van der Waals surface area contributed by atoms with Crippen LogP contribution in [-0.4, -0.2) is 37.0 Å². The number of amides is 1. The third kappa shape index (κ3) is 4.10. The number of halogens is 2. The zero-order valence-corrected chi connectivity index (χ0v) is 14.0. The molecular formula is C13H18ClIN2O. The first-order valence-electron chi connectivity index (χ1n) is 5.65. The van der Waals surface area contributed by atoms with Gasteiger partial charge in [-0.15, -0.1) is 0 Å². The second-order valence-electron chi connectivity index (χ2n) is 5.01. The Hall–Kier alpha value is -0.330. The molecule has 3 nitrogen and oxygen atoms in total. The van der Waals surface area contributed by atoms with Gasteiger partial charge >= 0.3 is 0 Å². The van der Waals surface area contributed by atoms with Gasteiger partial charge in [-0.25, -0.2) is 0 Å². The van der Waals surface area contributed by atoms with E-state index in [9.17, 15) is 4.79 Å². The molecule has 1 rings (SSSR count). The number of rotatable bonds is 4. The lowest BCUT2D eigenvalue weighted by Gasteiger charge is -2.32. The summed E-state index contributed by atoms with van der Waals surface area (Å²) in [6.45, 7) is 4.76. The van der Waals surface area contributed by atoms with Gasteiger partial charge in [-0.3, -0.25) is 4.79 Å². The van der Waals surface area contributed by atoms with Crippen molar-refractivity contribution in [1.29, 1.82) is 0 Å². The van der Waals surface area contributed by atoms with E-state index in [4.69, 9.17) is 11.6 Å². The van der Waals surface area contributed by atoms with Crippen molar-refractivity contribution in [3.8, 4) is 0 Å². The van der Waals surface area contributed by atoms with E-state index in [1.54, 1.807) is 18.2 Å². The van der Waals surface area contributed by atoms with Gasteiger partial charge in [0.25, 0.3) is 5.91 Å². The predicted octanol–water partition coefficient (Wildman–Crippen LogP) is 3.01. The second kappa shape index (κ2) is 6.21. The molecule has 0 fully saturated rings. The zero-order valence-electron chi connectivity index (χ0n) is 11.1. The third-order valence-electron chi connectivity index (χ3n) is 3.07. The zero-order chi connectivity index (χ0) is 13.9. The fourth-order valence-corrected chi connectivity index (χ4v) is 2.34. The van der Waals surface area contributed by atoms with Crippen LogP contribution in [0, 0.1) is 3.57 Å². The van der Waals surface area contributed by atoms with Crippen molar-refractivity contribution in [2.75, 3.05) is 20.6 Å². The van der Waals surface area contributed by atoms with Gasteiger partial charge in [0, 0.05) is 20.7 Å². The quantitative estimate of drug-likeness (QED) is 0.815. The van der Waals surface area contributed by atoms with Crippen LogP contribution in [0.3, 0.4) is 0 Å². The Morgan fingerprint density at radius 3 is 2.56 bits per heavy atom. The number of carbonyl (C=O) groups is 1. The number of nitrogens with zero attached hydrogens (tertiary/aromatic N) is 1. The molecule has 0 heterocycles. The molecule has 0 aliphatic rings. The molecule has 0 bridgehead atoms. The summed E-state index contributed by atoms with van der Waals surface area (Å²) in [5.74, 6) is -0.0639. The van der Waals surface area contributed by atoms with Gasteiger partial charge < -0.3 is 10.2 Å². The third-order valence-corrected chi connectivity index (χ3v) is 4.20. The monoisotopic (exact) mass is 380 g/mol. The highest BCUT2D eigenvalue weighted by molar-refractivity contribution is 14.1. The lowest BCUT2D eigenvalue weighted by Crippen LogP contribution is -2.48. The first kappa shape index (κ1) is 15.7. The first-order valence-corrected chi connectivity index (χ1v) is 7.10. The van der Waals surface area contributed by atoms with Crippen molar-refractivity contribution >= 4 is 40.1 Å². The van der Waals surface area contributed by atoms with Crippen LogP contribution >= 0.6 is 34.2 Å². The average Bonchev–Trinajstić information content (AvgIpc) is 2.25. The van der Waals surface area contributed by atoms with Gasteiger partial charge in [0.15, 0.2) is 0 Å². The molecule has 0 atom stereocenters. The van der Waals surface area contributed by atoms with Crippen molar-refractivity contribution in [3.05, 3.63) is 32.4 Å². The Bertz CT molecular complexity index is 447. The highest BCUT2D eigenvalue weighted by atomic mass is 127. The Morgan fingerprint density at radius 2 is 2.06 bits per heavy atom. The summed E-state index contributed by atoms with van der Waals surface area (Å²) in [6.07, 6.45) is 0.